The molecule has 224 valence electrons. The van der Waals surface area contributed by atoms with E-state index >= 15 is 0 Å². The normalized spacial score (nSPS) is 18.6. The van der Waals surface area contributed by atoms with Crippen molar-refractivity contribution in [2.45, 2.75) is 83.3 Å². The number of likely N-dealkylation sites (tertiary alicyclic amines) is 1. The molecule has 1 aliphatic heterocycles. The predicted molar refractivity (Wildman–Crippen MR) is 172 cm³/mol. The Bertz CT molecular complexity index is 1270. The Morgan fingerprint density at radius 2 is 1.45 bits per heavy atom. The minimum Gasteiger partial charge on any atom is -0.444 e. The van der Waals surface area contributed by atoms with Crippen LogP contribution >= 0.6 is 0 Å². The number of amides is 1. The standard InChI is InChI=1S/C35H46N2O4Si/c1-8-31(37(39)25-27-18-12-9-13-19-27)32-24-28(26-36(32)33(38)40-34(2,3)4)41-42(35(5,6)7,29-20-14-10-15-21-29)30-22-16-11-17-23-30/h8-23,28,31-32,39H,1,24-26H2,2-7H3/t28-,31-,32-/m1/s1. The first-order chi connectivity index (χ1) is 19.9. The fraction of sp³-hybridized carbons (Fsp3) is 0.400. The molecule has 0 bridgehead atoms. The fourth-order valence-corrected chi connectivity index (χ4v) is 10.7. The van der Waals surface area contributed by atoms with Crippen molar-refractivity contribution in [1.29, 1.82) is 0 Å². The van der Waals surface area contributed by atoms with Gasteiger partial charge in [0, 0.05) is 13.1 Å². The third-order valence-corrected chi connectivity index (χ3v) is 13.0. The van der Waals surface area contributed by atoms with E-state index in [1.807, 2.05) is 63.2 Å². The molecule has 0 saturated carbocycles. The van der Waals surface area contributed by atoms with Gasteiger partial charge >= 0.3 is 6.09 Å². The van der Waals surface area contributed by atoms with Crippen LogP contribution in [0, 0.1) is 0 Å². The molecule has 3 aromatic carbocycles. The minimum atomic E-state index is -2.87. The fourth-order valence-electron chi connectivity index (χ4n) is 6.06. The highest BCUT2D eigenvalue weighted by molar-refractivity contribution is 6.99. The van der Waals surface area contributed by atoms with Gasteiger partial charge in [-0.2, -0.15) is 5.06 Å². The van der Waals surface area contributed by atoms with Crippen LogP contribution in [0.4, 0.5) is 4.79 Å². The van der Waals surface area contributed by atoms with E-state index in [0.29, 0.717) is 19.5 Å². The van der Waals surface area contributed by atoms with Crippen molar-refractivity contribution >= 4 is 24.8 Å². The van der Waals surface area contributed by atoms with Gasteiger partial charge in [0.2, 0.25) is 0 Å². The van der Waals surface area contributed by atoms with Crippen molar-refractivity contribution in [3.63, 3.8) is 0 Å². The van der Waals surface area contributed by atoms with E-state index in [2.05, 4.69) is 75.9 Å². The Labute approximate surface area is 252 Å². The van der Waals surface area contributed by atoms with Gasteiger partial charge in [-0.15, -0.1) is 6.58 Å². The summed E-state index contributed by atoms with van der Waals surface area (Å²) in [5.74, 6) is 0. The number of benzene rings is 3. The summed E-state index contributed by atoms with van der Waals surface area (Å²) in [6, 6.07) is 29.9. The highest BCUT2D eigenvalue weighted by Crippen LogP contribution is 2.40. The first kappa shape index (κ1) is 31.7. The van der Waals surface area contributed by atoms with E-state index in [9.17, 15) is 10.0 Å². The molecular weight excluding hydrogens is 540 g/mol. The van der Waals surface area contributed by atoms with E-state index < -0.39 is 32.1 Å². The predicted octanol–water partition coefficient (Wildman–Crippen LogP) is 6.39. The van der Waals surface area contributed by atoms with E-state index in [4.69, 9.17) is 9.16 Å². The maximum absolute atomic E-state index is 13.6. The van der Waals surface area contributed by atoms with E-state index in [0.717, 1.165) is 5.56 Å². The molecule has 1 N–H and O–H groups in total. The highest BCUT2D eigenvalue weighted by Gasteiger charge is 2.54. The molecule has 1 fully saturated rings. The molecule has 0 radical (unpaired) electrons. The average molecular weight is 587 g/mol. The molecule has 1 heterocycles. The molecule has 0 spiro atoms. The Hall–Kier alpha value is -3.23. The van der Waals surface area contributed by atoms with Gasteiger partial charge in [-0.25, -0.2) is 4.79 Å². The second-order valence-electron chi connectivity index (χ2n) is 13.1. The summed E-state index contributed by atoms with van der Waals surface area (Å²) in [7, 11) is -2.87. The monoisotopic (exact) mass is 586 g/mol. The van der Waals surface area contributed by atoms with Crippen LogP contribution in [0.5, 0.6) is 0 Å². The molecule has 3 aromatic rings. The maximum atomic E-state index is 13.6. The molecule has 6 nitrogen and oxygen atoms in total. The lowest BCUT2D eigenvalue weighted by atomic mass is 10.0. The van der Waals surface area contributed by atoms with Crippen molar-refractivity contribution in [3.8, 4) is 0 Å². The molecule has 0 aliphatic carbocycles. The first-order valence-electron chi connectivity index (χ1n) is 14.8. The molecule has 4 rings (SSSR count). The average Bonchev–Trinajstić information content (AvgIpc) is 3.35. The third-order valence-electron chi connectivity index (χ3n) is 7.86. The number of carbonyl (C=O) groups is 1. The molecule has 0 unspecified atom stereocenters. The van der Waals surface area contributed by atoms with Crippen molar-refractivity contribution in [1.82, 2.24) is 9.96 Å². The van der Waals surface area contributed by atoms with Crippen LogP contribution in [0.2, 0.25) is 5.04 Å². The van der Waals surface area contributed by atoms with Crippen LogP contribution in [0.25, 0.3) is 0 Å². The highest BCUT2D eigenvalue weighted by atomic mass is 28.4. The molecule has 3 atom stereocenters. The molecule has 1 saturated heterocycles. The summed E-state index contributed by atoms with van der Waals surface area (Å²) >= 11 is 0. The van der Waals surface area contributed by atoms with E-state index in [-0.39, 0.29) is 11.1 Å². The lowest BCUT2D eigenvalue weighted by Crippen LogP contribution is -2.67. The lowest BCUT2D eigenvalue weighted by molar-refractivity contribution is -0.136. The van der Waals surface area contributed by atoms with Gasteiger partial charge in [0.15, 0.2) is 0 Å². The second kappa shape index (κ2) is 13.0. The van der Waals surface area contributed by atoms with Gasteiger partial charge in [0.1, 0.15) is 5.60 Å². The number of ether oxygens (including phenoxy) is 1. The van der Waals surface area contributed by atoms with Crippen LogP contribution in [0.15, 0.2) is 104 Å². The zero-order valence-electron chi connectivity index (χ0n) is 25.9. The van der Waals surface area contributed by atoms with Gasteiger partial charge in [0.05, 0.1) is 18.2 Å². The minimum absolute atomic E-state index is 0.210. The largest absolute Gasteiger partial charge is 0.444 e. The quantitative estimate of drug-likeness (QED) is 0.179. The van der Waals surface area contributed by atoms with Crippen LogP contribution in [-0.4, -0.2) is 59.9 Å². The Morgan fingerprint density at radius 1 is 0.952 bits per heavy atom. The van der Waals surface area contributed by atoms with Crippen LogP contribution in [-0.2, 0) is 15.7 Å². The summed E-state index contributed by atoms with van der Waals surface area (Å²) in [5, 5.41) is 14.7. The molecular formula is C35H46N2O4Si. The maximum Gasteiger partial charge on any atom is 0.410 e. The van der Waals surface area contributed by atoms with Gasteiger partial charge in [0.25, 0.3) is 8.32 Å². The smallest absolute Gasteiger partial charge is 0.410 e. The van der Waals surface area contributed by atoms with Crippen LogP contribution < -0.4 is 10.4 Å². The molecule has 7 heteroatoms. The summed E-state index contributed by atoms with van der Waals surface area (Å²) in [6.07, 6.45) is 1.56. The molecule has 0 aromatic heterocycles. The van der Waals surface area contributed by atoms with Crippen molar-refractivity contribution < 1.29 is 19.2 Å². The Balaban J connectivity index is 1.73. The first-order valence-corrected chi connectivity index (χ1v) is 16.7. The number of rotatable bonds is 9. The van der Waals surface area contributed by atoms with Gasteiger partial charge in [-0.1, -0.05) is 118 Å². The SMILES string of the molecule is C=C[C@H]([C@H]1C[C@@H](O[Si](c2ccccc2)(c2ccccc2)C(C)(C)C)CN1C(=O)OC(C)(C)C)N(O)Cc1ccccc1. The zero-order chi connectivity index (χ0) is 30.5. The summed E-state index contributed by atoms with van der Waals surface area (Å²) in [5.41, 5.74) is 0.305. The molecule has 1 amide bonds. The molecule has 42 heavy (non-hydrogen) atoms. The number of hydroxylamine groups is 2. The molecule has 1 aliphatic rings. The van der Waals surface area contributed by atoms with Crippen molar-refractivity contribution in [3.05, 3.63) is 109 Å². The second-order valence-corrected chi connectivity index (χ2v) is 17.4. The Kier molecular flexibility index (Phi) is 9.78. The van der Waals surface area contributed by atoms with Crippen LogP contribution in [0.3, 0.4) is 0 Å². The number of hydrogen-bond donors (Lipinski definition) is 1. The number of nitrogens with zero attached hydrogens (tertiary/aromatic N) is 2. The zero-order valence-corrected chi connectivity index (χ0v) is 26.9. The summed E-state index contributed by atoms with van der Waals surface area (Å²) < 4.78 is 13.3. The summed E-state index contributed by atoms with van der Waals surface area (Å²) in [6.45, 7) is 17.1. The van der Waals surface area contributed by atoms with Gasteiger partial charge < -0.3 is 19.3 Å². The number of hydrogen-bond acceptors (Lipinski definition) is 5. The summed E-state index contributed by atoms with van der Waals surface area (Å²) in [4.78, 5) is 15.4. The van der Waals surface area contributed by atoms with Gasteiger partial charge in [-0.05, 0) is 48.2 Å². The van der Waals surface area contributed by atoms with E-state index in [1.54, 1.807) is 11.0 Å². The van der Waals surface area contributed by atoms with Gasteiger partial charge in [-0.3, -0.25) is 0 Å². The topological polar surface area (TPSA) is 62.2 Å². The third kappa shape index (κ3) is 7.04. The Morgan fingerprint density at radius 3 is 1.90 bits per heavy atom. The number of carbonyl (C=O) groups excluding carboxylic acids is 1. The van der Waals surface area contributed by atoms with E-state index in [1.165, 1.54) is 15.4 Å². The van der Waals surface area contributed by atoms with Crippen LogP contribution in [0.1, 0.15) is 53.5 Å². The van der Waals surface area contributed by atoms with Crippen molar-refractivity contribution in [2.75, 3.05) is 6.54 Å². The van der Waals surface area contributed by atoms with Crippen molar-refractivity contribution in [2.24, 2.45) is 0 Å². The lowest BCUT2D eigenvalue weighted by Gasteiger charge is -2.44.